The molecule has 0 unspecified atom stereocenters. The van der Waals surface area contributed by atoms with Gasteiger partial charge in [0, 0.05) is 19.6 Å². The van der Waals surface area contributed by atoms with Gasteiger partial charge in [-0.05, 0) is 31.4 Å². The Hall–Kier alpha value is -1.29. The largest absolute Gasteiger partial charge is 0.370 e. The van der Waals surface area contributed by atoms with Crippen LogP contribution in [-0.4, -0.2) is 35.4 Å². The number of rotatable bonds is 5. The Morgan fingerprint density at radius 2 is 2.10 bits per heavy atom. The Labute approximate surface area is 131 Å². The summed E-state index contributed by atoms with van der Waals surface area (Å²) in [6, 6.07) is 3.88. The first kappa shape index (κ1) is 16.1. The van der Waals surface area contributed by atoms with E-state index >= 15 is 0 Å². The molecule has 1 heterocycles. The van der Waals surface area contributed by atoms with Crippen molar-refractivity contribution in [1.82, 2.24) is 9.88 Å². The number of nitrogens with one attached hydrogen (secondary N) is 1. The number of hydrogen-bond donors (Lipinski definition) is 1. The molecule has 1 aromatic heterocycles. The average molecular weight is 310 g/mol. The maximum absolute atomic E-state index is 12.6. The summed E-state index contributed by atoms with van der Waals surface area (Å²) >= 11 is 6.17. The van der Waals surface area contributed by atoms with Crippen molar-refractivity contribution in [2.24, 2.45) is 0 Å². The molecule has 2 rings (SSSR count). The number of anilines is 1. The van der Waals surface area contributed by atoms with Crippen molar-refractivity contribution in [1.29, 1.82) is 0 Å². The van der Waals surface area contributed by atoms with Crippen LogP contribution in [0.4, 0.5) is 5.82 Å². The summed E-state index contributed by atoms with van der Waals surface area (Å²) in [7, 11) is 1.86. The van der Waals surface area contributed by atoms with Crippen LogP contribution in [0.3, 0.4) is 0 Å². The number of aromatic nitrogens is 1. The molecule has 116 valence electrons. The highest BCUT2D eigenvalue weighted by Crippen LogP contribution is 2.25. The van der Waals surface area contributed by atoms with Gasteiger partial charge in [0.1, 0.15) is 11.5 Å². The van der Waals surface area contributed by atoms with Gasteiger partial charge in [0.2, 0.25) is 0 Å². The average Bonchev–Trinajstić information content (AvgIpc) is 2.53. The van der Waals surface area contributed by atoms with Gasteiger partial charge < -0.3 is 10.2 Å². The minimum atomic E-state index is -0.0768. The molecule has 0 spiro atoms. The molecular weight excluding hydrogens is 286 g/mol. The molecule has 21 heavy (non-hydrogen) atoms. The molecule has 0 atom stereocenters. The van der Waals surface area contributed by atoms with Crippen LogP contribution in [0.5, 0.6) is 0 Å². The van der Waals surface area contributed by atoms with Crippen LogP contribution in [0.2, 0.25) is 5.02 Å². The number of nitrogens with zero attached hydrogens (tertiary/aromatic N) is 2. The van der Waals surface area contributed by atoms with Crippen LogP contribution in [-0.2, 0) is 0 Å². The molecular formula is C16H24ClN3O. The fourth-order valence-electron chi connectivity index (χ4n) is 2.74. The van der Waals surface area contributed by atoms with Gasteiger partial charge in [-0.15, -0.1) is 0 Å². The number of carbonyl (C=O) groups excluding carboxylic acids is 1. The Morgan fingerprint density at radius 3 is 2.76 bits per heavy atom. The van der Waals surface area contributed by atoms with Gasteiger partial charge in [-0.1, -0.05) is 37.8 Å². The van der Waals surface area contributed by atoms with E-state index in [9.17, 15) is 4.79 Å². The lowest BCUT2D eigenvalue weighted by atomic mass is 9.94. The molecule has 1 aromatic rings. The van der Waals surface area contributed by atoms with E-state index in [0.29, 0.717) is 22.6 Å². The third-order valence-electron chi connectivity index (χ3n) is 4.05. The van der Waals surface area contributed by atoms with Gasteiger partial charge in [-0.3, -0.25) is 4.79 Å². The molecule has 1 aliphatic rings. The fraction of sp³-hybridized carbons (Fsp3) is 0.625. The first-order valence-electron chi connectivity index (χ1n) is 7.81. The molecule has 1 fully saturated rings. The van der Waals surface area contributed by atoms with Crippen molar-refractivity contribution in [3.63, 3.8) is 0 Å². The van der Waals surface area contributed by atoms with Gasteiger partial charge >= 0.3 is 0 Å². The molecule has 0 aromatic carbocycles. The van der Waals surface area contributed by atoms with E-state index in [4.69, 9.17) is 11.6 Å². The van der Waals surface area contributed by atoms with Crippen LogP contribution in [0, 0.1) is 0 Å². The number of pyridine rings is 1. The summed E-state index contributed by atoms with van der Waals surface area (Å²) in [6.07, 6.45) is 6.83. The van der Waals surface area contributed by atoms with Crippen molar-refractivity contribution < 1.29 is 4.79 Å². The van der Waals surface area contributed by atoms with Crippen molar-refractivity contribution in [2.75, 3.05) is 18.9 Å². The van der Waals surface area contributed by atoms with E-state index in [1.807, 2.05) is 18.0 Å². The maximum atomic E-state index is 12.6. The Kier molecular flexibility index (Phi) is 5.85. The highest BCUT2D eigenvalue weighted by molar-refractivity contribution is 6.33. The van der Waals surface area contributed by atoms with E-state index in [-0.39, 0.29) is 5.91 Å². The third kappa shape index (κ3) is 4.10. The monoisotopic (exact) mass is 309 g/mol. The fourth-order valence-corrected chi connectivity index (χ4v) is 2.93. The zero-order chi connectivity index (χ0) is 15.2. The van der Waals surface area contributed by atoms with Crippen LogP contribution in [0.25, 0.3) is 0 Å². The second kappa shape index (κ2) is 7.64. The van der Waals surface area contributed by atoms with Crippen LogP contribution in [0.1, 0.15) is 55.9 Å². The molecule has 1 saturated carbocycles. The van der Waals surface area contributed by atoms with Crippen molar-refractivity contribution in [2.45, 2.75) is 51.5 Å². The Balaban J connectivity index is 2.13. The maximum Gasteiger partial charge on any atom is 0.274 e. The molecule has 0 radical (unpaired) electrons. The SMILES string of the molecule is CCCNc1ccc(Cl)c(C(=O)N(C)C2CCCCC2)n1. The van der Waals surface area contributed by atoms with Crippen LogP contribution < -0.4 is 5.32 Å². The van der Waals surface area contributed by atoms with Crippen molar-refractivity contribution in [3.05, 3.63) is 22.8 Å². The summed E-state index contributed by atoms with van der Waals surface area (Å²) in [5.74, 6) is 0.633. The molecule has 0 saturated heterocycles. The lowest BCUT2D eigenvalue weighted by Gasteiger charge is -2.31. The van der Waals surface area contributed by atoms with Crippen LogP contribution in [0.15, 0.2) is 12.1 Å². The normalized spacial score (nSPS) is 15.8. The Bertz CT molecular complexity index is 486. The summed E-state index contributed by atoms with van der Waals surface area (Å²) < 4.78 is 0. The second-order valence-electron chi connectivity index (χ2n) is 5.66. The summed E-state index contributed by atoms with van der Waals surface area (Å²) in [6.45, 7) is 2.92. The smallest absolute Gasteiger partial charge is 0.274 e. The molecule has 1 N–H and O–H groups in total. The summed E-state index contributed by atoms with van der Waals surface area (Å²) in [5.41, 5.74) is 0.353. The van der Waals surface area contributed by atoms with E-state index in [1.165, 1.54) is 19.3 Å². The van der Waals surface area contributed by atoms with Gasteiger partial charge in [0.25, 0.3) is 5.91 Å². The first-order chi connectivity index (χ1) is 10.1. The quantitative estimate of drug-likeness (QED) is 0.895. The topological polar surface area (TPSA) is 45.2 Å². The second-order valence-corrected chi connectivity index (χ2v) is 6.07. The first-order valence-corrected chi connectivity index (χ1v) is 8.19. The van der Waals surface area contributed by atoms with Gasteiger partial charge in [0.05, 0.1) is 5.02 Å². The highest BCUT2D eigenvalue weighted by Gasteiger charge is 2.25. The third-order valence-corrected chi connectivity index (χ3v) is 4.35. The summed E-state index contributed by atoms with van der Waals surface area (Å²) in [5, 5.41) is 3.62. The van der Waals surface area contributed by atoms with E-state index < -0.39 is 0 Å². The zero-order valence-corrected chi connectivity index (χ0v) is 13.6. The molecule has 4 nitrogen and oxygen atoms in total. The predicted molar refractivity (Wildman–Crippen MR) is 87.0 cm³/mol. The van der Waals surface area contributed by atoms with E-state index in [1.54, 1.807) is 6.07 Å². The van der Waals surface area contributed by atoms with Gasteiger partial charge in [-0.25, -0.2) is 4.98 Å². The number of halogens is 1. The van der Waals surface area contributed by atoms with E-state index in [2.05, 4.69) is 17.2 Å². The Morgan fingerprint density at radius 1 is 1.38 bits per heavy atom. The molecule has 5 heteroatoms. The number of hydrogen-bond acceptors (Lipinski definition) is 3. The molecule has 0 bridgehead atoms. The standard InChI is InChI=1S/C16H24ClN3O/c1-3-11-18-14-10-9-13(17)15(19-14)16(21)20(2)12-7-5-4-6-8-12/h9-10,12H,3-8,11H2,1-2H3,(H,18,19). The van der Waals surface area contributed by atoms with Crippen molar-refractivity contribution >= 4 is 23.3 Å². The van der Waals surface area contributed by atoms with Gasteiger partial charge in [-0.2, -0.15) is 0 Å². The lowest BCUT2D eigenvalue weighted by Crippen LogP contribution is -2.38. The molecule has 1 amide bonds. The van der Waals surface area contributed by atoms with Crippen molar-refractivity contribution in [3.8, 4) is 0 Å². The zero-order valence-electron chi connectivity index (χ0n) is 12.9. The minimum absolute atomic E-state index is 0.0768. The minimum Gasteiger partial charge on any atom is -0.370 e. The summed E-state index contributed by atoms with van der Waals surface area (Å²) in [4.78, 5) is 18.8. The lowest BCUT2D eigenvalue weighted by molar-refractivity contribution is 0.0690. The number of carbonyl (C=O) groups is 1. The molecule has 0 aliphatic heterocycles. The number of amides is 1. The van der Waals surface area contributed by atoms with Gasteiger partial charge in [0.15, 0.2) is 0 Å². The predicted octanol–water partition coefficient (Wildman–Crippen LogP) is 3.96. The van der Waals surface area contributed by atoms with E-state index in [0.717, 1.165) is 25.8 Å². The van der Waals surface area contributed by atoms with Crippen LogP contribution >= 0.6 is 11.6 Å². The highest BCUT2D eigenvalue weighted by atomic mass is 35.5. The molecule has 1 aliphatic carbocycles.